The fourth-order valence-corrected chi connectivity index (χ4v) is 3.80. The van der Waals surface area contributed by atoms with Gasteiger partial charge in [-0.05, 0) is 67.1 Å². The van der Waals surface area contributed by atoms with Gasteiger partial charge in [-0.25, -0.2) is 0 Å². The summed E-state index contributed by atoms with van der Waals surface area (Å²) in [6.07, 6.45) is 1.74. The zero-order chi connectivity index (χ0) is 24.7. The van der Waals surface area contributed by atoms with Crippen LogP contribution < -0.4 is 19.7 Å². The predicted molar refractivity (Wildman–Crippen MR) is 132 cm³/mol. The lowest BCUT2D eigenvalue weighted by molar-refractivity contribution is -0.122. The average molecular weight is 467 g/mol. The minimum absolute atomic E-state index is 0.0272. The smallest absolute Gasteiger partial charge is 0.265 e. The number of hydrogen-bond acceptors (Lipinski definition) is 5. The van der Waals surface area contributed by atoms with Crippen molar-refractivity contribution < 1.29 is 23.9 Å². The van der Waals surface area contributed by atoms with Crippen LogP contribution in [-0.2, 0) is 9.59 Å². The number of carbonyl (C=O) groups excluding carboxylic acids is 3. The Hall–Kier alpha value is -3.35. The van der Waals surface area contributed by atoms with Gasteiger partial charge < -0.3 is 19.7 Å². The number of ketones is 1. The highest BCUT2D eigenvalue weighted by atomic mass is 16.5. The van der Waals surface area contributed by atoms with Gasteiger partial charge in [0.15, 0.2) is 19.0 Å². The number of hydrogen-bond donors (Lipinski definition) is 1. The van der Waals surface area contributed by atoms with Crippen LogP contribution in [0.1, 0.15) is 67.4 Å². The van der Waals surface area contributed by atoms with Crippen molar-refractivity contribution in [3.8, 4) is 11.5 Å². The quantitative estimate of drug-likeness (QED) is 0.496. The summed E-state index contributed by atoms with van der Waals surface area (Å²) in [5.74, 6) is 1.17. The van der Waals surface area contributed by atoms with E-state index in [0.29, 0.717) is 54.6 Å². The van der Waals surface area contributed by atoms with Gasteiger partial charge in [0.2, 0.25) is 5.91 Å². The molecule has 7 nitrogen and oxygen atoms in total. The van der Waals surface area contributed by atoms with Crippen molar-refractivity contribution in [3.05, 3.63) is 53.1 Å². The number of Topliss-reactive ketones (excluding diaryl/α,β-unsaturated/α-hetero) is 1. The highest BCUT2D eigenvalue weighted by Crippen LogP contribution is 2.33. The molecule has 0 atom stereocenters. The Labute approximate surface area is 201 Å². The standard InChI is InChI=1S/C27H34N2O5/c1-5-10-28-26(31)7-6-11-29-23-15-20(8-9-25(23)34-17-27(29)32)24(30)16-33-22-13-19(4)12-21(14-22)18(2)3/h8-9,12-15,18H,5-7,10-11,16-17H2,1-4H3,(H,28,31). The van der Waals surface area contributed by atoms with Crippen LogP contribution in [0.15, 0.2) is 36.4 Å². The SMILES string of the molecule is CCCNC(=O)CCCN1C(=O)COc2ccc(C(=O)COc3cc(C)cc(C(C)C)c3)cc21. The molecule has 1 heterocycles. The lowest BCUT2D eigenvalue weighted by atomic mass is 10.0. The first kappa shape index (κ1) is 25.3. The number of fused-ring (bicyclic) bond motifs is 1. The molecule has 7 heteroatoms. The van der Waals surface area contributed by atoms with Crippen molar-refractivity contribution in [3.63, 3.8) is 0 Å². The van der Waals surface area contributed by atoms with Crippen molar-refractivity contribution in [2.24, 2.45) is 0 Å². The molecule has 1 aliphatic rings. The number of anilines is 1. The van der Waals surface area contributed by atoms with E-state index in [1.54, 1.807) is 23.1 Å². The molecule has 1 aliphatic heterocycles. The molecule has 2 aromatic rings. The van der Waals surface area contributed by atoms with Gasteiger partial charge in [-0.15, -0.1) is 0 Å². The first-order chi connectivity index (χ1) is 16.3. The summed E-state index contributed by atoms with van der Waals surface area (Å²) in [6.45, 7) is 9.09. The second kappa shape index (κ2) is 11.7. The van der Waals surface area contributed by atoms with Gasteiger partial charge >= 0.3 is 0 Å². The second-order valence-electron chi connectivity index (χ2n) is 8.92. The average Bonchev–Trinajstić information content (AvgIpc) is 2.81. The third-order valence-electron chi connectivity index (χ3n) is 5.69. The van der Waals surface area contributed by atoms with Crippen molar-refractivity contribution in [1.82, 2.24) is 5.32 Å². The van der Waals surface area contributed by atoms with Crippen LogP contribution >= 0.6 is 0 Å². The van der Waals surface area contributed by atoms with Gasteiger partial charge in [0.25, 0.3) is 5.91 Å². The van der Waals surface area contributed by atoms with E-state index in [9.17, 15) is 14.4 Å². The van der Waals surface area contributed by atoms with Gasteiger partial charge in [-0.1, -0.05) is 26.8 Å². The Bertz CT molecular complexity index is 1050. The van der Waals surface area contributed by atoms with E-state index in [4.69, 9.17) is 9.47 Å². The fraction of sp³-hybridized carbons (Fsp3) is 0.444. The number of aryl methyl sites for hydroxylation is 1. The van der Waals surface area contributed by atoms with Gasteiger partial charge in [-0.3, -0.25) is 14.4 Å². The molecular weight excluding hydrogens is 432 g/mol. The summed E-state index contributed by atoms with van der Waals surface area (Å²) in [4.78, 5) is 38.9. The molecule has 0 saturated heterocycles. The first-order valence-corrected chi connectivity index (χ1v) is 11.9. The Balaban J connectivity index is 1.67. The number of nitrogens with zero attached hydrogens (tertiary/aromatic N) is 1. The van der Waals surface area contributed by atoms with Crippen LogP contribution in [0, 0.1) is 6.92 Å². The molecule has 1 N–H and O–H groups in total. The van der Waals surface area contributed by atoms with E-state index in [2.05, 4.69) is 25.2 Å². The minimum atomic E-state index is -0.191. The van der Waals surface area contributed by atoms with Crippen LogP contribution in [0.5, 0.6) is 11.5 Å². The minimum Gasteiger partial charge on any atom is -0.485 e. The van der Waals surface area contributed by atoms with E-state index in [0.717, 1.165) is 17.5 Å². The van der Waals surface area contributed by atoms with Gasteiger partial charge in [-0.2, -0.15) is 0 Å². The Kier molecular flexibility index (Phi) is 8.68. The topological polar surface area (TPSA) is 84.9 Å². The van der Waals surface area contributed by atoms with Gasteiger partial charge in [0.05, 0.1) is 5.69 Å². The van der Waals surface area contributed by atoms with Crippen LogP contribution in [0.4, 0.5) is 5.69 Å². The normalized spacial score (nSPS) is 12.9. The molecule has 2 aromatic carbocycles. The lowest BCUT2D eigenvalue weighted by Crippen LogP contribution is -2.40. The molecule has 0 aromatic heterocycles. The van der Waals surface area contributed by atoms with E-state index >= 15 is 0 Å². The zero-order valence-corrected chi connectivity index (χ0v) is 20.5. The highest BCUT2D eigenvalue weighted by molar-refractivity contribution is 6.02. The summed E-state index contributed by atoms with van der Waals surface area (Å²) < 4.78 is 11.3. The third kappa shape index (κ3) is 6.59. The van der Waals surface area contributed by atoms with Gasteiger partial charge in [0, 0.05) is 25.1 Å². The molecule has 2 amide bonds. The van der Waals surface area contributed by atoms with Crippen molar-refractivity contribution >= 4 is 23.3 Å². The Morgan fingerprint density at radius 2 is 1.97 bits per heavy atom. The number of nitrogens with one attached hydrogen (secondary N) is 1. The molecule has 3 rings (SSSR count). The van der Waals surface area contributed by atoms with E-state index < -0.39 is 0 Å². The van der Waals surface area contributed by atoms with E-state index in [-0.39, 0.29) is 30.8 Å². The van der Waals surface area contributed by atoms with Crippen LogP contribution in [0.3, 0.4) is 0 Å². The zero-order valence-electron chi connectivity index (χ0n) is 20.5. The van der Waals surface area contributed by atoms with E-state index in [1.807, 2.05) is 26.0 Å². The molecule has 182 valence electrons. The molecule has 0 bridgehead atoms. The van der Waals surface area contributed by atoms with Crippen molar-refractivity contribution in [1.29, 1.82) is 0 Å². The number of rotatable bonds is 11. The number of amides is 2. The predicted octanol–water partition coefficient (Wildman–Crippen LogP) is 4.41. The number of ether oxygens (including phenoxy) is 2. The van der Waals surface area contributed by atoms with Crippen LogP contribution in [0.25, 0.3) is 0 Å². The van der Waals surface area contributed by atoms with Crippen molar-refractivity contribution in [2.45, 2.75) is 52.9 Å². The maximum absolute atomic E-state index is 12.9. The molecule has 34 heavy (non-hydrogen) atoms. The van der Waals surface area contributed by atoms with Crippen LogP contribution in [-0.4, -0.2) is 43.9 Å². The number of benzene rings is 2. The maximum Gasteiger partial charge on any atom is 0.265 e. The summed E-state index contributed by atoms with van der Waals surface area (Å²) in [5, 5.41) is 2.84. The third-order valence-corrected chi connectivity index (χ3v) is 5.69. The molecule has 0 unspecified atom stereocenters. The first-order valence-electron chi connectivity index (χ1n) is 11.9. The fourth-order valence-electron chi connectivity index (χ4n) is 3.80. The summed E-state index contributed by atoms with van der Waals surface area (Å²) in [7, 11) is 0. The second-order valence-corrected chi connectivity index (χ2v) is 8.92. The molecular formula is C27H34N2O5. The molecule has 0 fully saturated rings. The Morgan fingerprint density at radius 3 is 2.71 bits per heavy atom. The number of carbonyl (C=O) groups is 3. The molecule has 0 radical (unpaired) electrons. The van der Waals surface area contributed by atoms with Gasteiger partial charge in [0.1, 0.15) is 11.5 Å². The van der Waals surface area contributed by atoms with E-state index in [1.165, 1.54) is 0 Å². The molecule has 0 spiro atoms. The summed E-state index contributed by atoms with van der Waals surface area (Å²) in [5.41, 5.74) is 3.23. The Morgan fingerprint density at radius 1 is 1.18 bits per heavy atom. The van der Waals surface area contributed by atoms with Crippen LogP contribution in [0.2, 0.25) is 0 Å². The molecule has 0 aliphatic carbocycles. The lowest BCUT2D eigenvalue weighted by Gasteiger charge is -2.29. The monoisotopic (exact) mass is 466 g/mol. The summed E-state index contributed by atoms with van der Waals surface area (Å²) in [6, 6.07) is 11.1. The summed E-state index contributed by atoms with van der Waals surface area (Å²) >= 11 is 0. The molecule has 0 saturated carbocycles. The highest BCUT2D eigenvalue weighted by Gasteiger charge is 2.26. The largest absolute Gasteiger partial charge is 0.485 e. The van der Waals surface area contributed by atoms with Crippen molar-refractivity contribution in [2.75, 3.05) is 31.2 Å². The maximum atomic E-state index is 12.9.